The monoisotopic (exact) mass is 281 g/mol. The summed E-state index contributed by atoms with van der Waals surface area (Å²) in [5, 5.41) is 0. The third kappa shape index (κ3) is 3.77. The van der Waals surface area contributed by atoms with E-state index in [4.69, 9.17) is 9.47 Å². The van der Waals surface area contributed by atoms with Gasteiger partial charge in [0.15, 0.2) is 0 Å². The van der Waals surface area contributed by atoms with Crippen molar-refractivity contribution in [1.82, 2.24) is 4.90 Å². The Morgan fingerprint density at radius 2 is 2.20 bits per heavy atom. The van der Waals surface area contributed by atoms with Crippen molar-refractivity contribution in [2.24, 2.45) is 0 Å². The van der Waals surface area contributed by atoms with Gasteiger partial charge in [-0.05, 0) is 18.1 Å². The fraction of sp³-hybridized carbons (Fsp3) is 0.533. The van der Waals surface area contributed by atoms with Gasteiger partial charge < -0.3 is 14.4 Å². The average molecular weight is 281 g/mol. The van der Waals surface area contributed by atoms with Crippen molar-refractivity contribution in [3.8, 4) is 0 Å². The van der Waals surface area contributed by atoms with Gasteiger partial charge in [0.2, 0.25) is 5.91 Å². The van der Waals surface area contributed by atoms with Crippen LogP contribution in [0.5, 0.6) is 0 Å². The molecule has 0 aromatic heterocycles. The molecule has 0 bridgehead atoms. The molecule has 1 aromatic carbocycles. The van der Waals surface area contributed by atoms with Crippen LogP contribution in [0.1, 0.15) is 17.9 Å². The molecule has 1 aliphatic rings. The van der Waals surface area contributed by atoms with Crippen molar-refractivity contribution in [2.45, 2.75) is 12.3 Å². The number of nitrogens with zero attached hydrogens (tertiary/aromatic N) is 1. The largest absolute Gasteiger partial charge is 0.382 e. The van der Waals surface area contributed by atoms with Crippen molar-refractivity contribution in [2.75, 3.05) is 40.0 Å². The van der Waals surface area contributed by atoms with Crippen LogP contribution in [-0.2, 0) is 14.3 Å². The number of benzene rings is 1. The van der Waals surface area contributed by atoms with E-state index in [-0.39, 0.29) is 24.2 Å². The molecule has 0 spiro atoms. The van der Waals surface area contributed by atoms with E-state index >= 15 is 0 Å². The van der Waals surface area contributed by atoms with Crippen LogP contribution in [0.3, 0.4) is 0 Å². The first-order valence-corrected chi connectivity index (χ1v) is 6.81. The molecule has 1 saturated heterocycles. The molecule has 110 valence electrons. The molecule has 1 amide bonds. The second-order valence-electron chi connectivity index (χ2n) is 4.89. The Kier molecular flexibility index (Phi) is 5.49. The summed E-state index contributed by atoms with van der Waals surface area (Å²) in [4.78, 5) is 13.7. The van der Waals surface area contributed by atoms with E-state index in [1.54, 1.807) is 24.1 Å². The van der Waals surface area contributed by atoms with Crippen LogP contribution >= 0.6 is 0 Å². The van der Waals surface area contributed by atoms with Gasteiger partial charge in [-0.15, -0.1) is 0 Å². The van der Waals surface area contributed by atoms with Crippen molar-refractivity contribution in [1.29, 1.82) is 0 Å². The molecule has 5 heteroatoms. The number of halogens is 1. The highest BCUT2D eigenvalue weighted by Gasteiger charge is 2.28. The highest BCUT2D eigenvalue weighted by Crippen LogP contribution is 2.28. The van der Waals surface area contributed by atoms with Crippen molar-refractivity contribution < 1.29 is 18.7 Å². The Morgan fingerprint density at radius 3 is 2.95 bits per heavy atom. The highest BCUT2D eigenvalue weighted by atomic mass is 19.1. The summed E-state index contributed by atoms with van der Waals surface area (Å²) in [6.07, 6.45) is 0.796. The summed E-state index contributed by atoms with van der Waals surface area (Å²) in [7, 11) is 1.59. The molecule has 0 unspecified atom stereocenters. The van der Waals surface area contributed by atoms with Gasteiger partial charge in [0.25, 0.3) is 0 Å². The van der Waals surface area contributed by atoms with Crippen LogP contribution in [0.25, 0.3) is 0 Å². The normalized spacial score (nSPS) is 18.5. The van der Waals surface area contributed by atoms with Gasteiger partial charge in [-0.3, -0.25) is 4.79 Å². The Hall–Kier alpha value is -1.46. The summed E-state index contributed by atoms with van der Waals surface area (Å²) >= 11 is 0. The van der Waals surface area contributed by atoms with Crippen LogP contribution in [-0.4, -0.2) is 50.8 Å². The second kappa shape index (κ2) is 7.36. The summed E-state index contributed by atoms with van der Waals surface area (Å²) in [5.74, 6) is -0.151. The zero-order valence-electron chi connectivity index (χ0n) is 11.7. The minimum atomic E-state index is -0.192. The van der Waals surface area contributed by atoms with Crippen LogP contribution in [0.2, 0.25) is 0 Å². The zero-order valence-corrected chi connectivity index (χ0v) is 11.7. The molecule has 20 heavy (non-hydrogen) atoms. The predicted octanol–water partition coefficient (Wildman–Crippen LogP) is 1.80. The van der Waals surface area contributed by atoms with Crippen molar-refractivity contribution in [3.63, 3.8) is 0 Å². The SMILES string of the molecule is COCCOCC(=O)N1CC[C@@H](c2ccccc2F)C1. The minimum absolute atomic E-state index is 0.0417. The molecule has 1 aliphatic heterocycles. The lowest BCUT2D eigenvalue weighted by Crippen LogP contribution is -2.32. The van der Waals surface area contributed by atoms with E-state index in [2.05, 4.69) is 0 Å². The van der Waals surface area contributed by atoms with Gasteiger partial charge in [-0.1, -0.05) is 18.2 Å². The van der Waals surface area contributed by atoms with Gasteiger partial charge in [0.1, 0.15) is 12.4 Å². The molecule has 1 aromatic rings. The zero-order chi connectivity index (χ0) is 14.4. The van der Waals surface area contributed by atoms with E-state index in [0.29, 0.717) is 31.9 Å². The van der Waals surface area contributed by atoms with Gasteiger partial charge in [0, 0.05) is 26.1 Å². The smallest absolute Gasteiger partial charge is 0.248 e. The standard InChI is InChI=1S/C15H20FNO3/c1-19-8-9-20-11-15(18)17-7-6-12(10-17)13-4-2-3-5-14(13)16/h2-5,12H,6-11H2,1H3/t12-/m1/s1. The Morgan fingerprint density at radius 1 is 1.40 bits per heavy atom. The third-order valence-electron chi connectivity index (χ3n) is 3.54. The van der Waals surface area contributed by atoms with Crippen LogP contribution in [0.4, 0.5) is 4.39 Å². The number of ether oxygens (including phenoxy) is 2. The van der Waals surface area contributed by atoms with E-state index in [1.165, 1.54) is 6.07 Å². The number of amides is 1. The molecule has 0 saturated carbocycles. The Labute approximate surface area is 118 Å². The molecular formula is C15H20FNO3. The lowest BCUT2D eigenvalue weighted by Gasteiger charge is -2.17. The third-order valence-corrected chi connectivity index (χ3v) is 3.54. The number of hydrogen-bond donors (Lipinski definition) is 0. The first kappa shape index (κ1) is 14.9. The Balaban J connectivity index is 1.83. The molecular weight excluding hydrogens is 261 g/mol. The van der Waals surface area contributed by atoms with E-state index < -0.39 is 0 Å². The summed E-state index contributed by atoms with van der Waals surface area (Å²) in [6, 6.07) is 6.77. The molecule has 0 aliphatic carbocycles. The van der Waals surface area contributed by atoms with Gasteiger partial charge in [0.05, 0.1) is 13.2 Å². The van der Waals surface area contributed by atoms with Gasteiger partial charge in [-0.2, -0.15) is 0 Å². The van der Waals surface area contributed by atoms with E-state index in [1.807, 2.05) is 6.07 Å². The maximum atomic E-state index is 13.7. The number of hydrogen-bond acceptors (Lipinski definition) is 3. The van der Waals surface area contributed by atoms with Crippen molar-refractivity contribution >= 4 is 5.91 Å². The fourth-order valence-electron chi connectivity index (χ4n) is 2.44. The molecule has 1 heterocycles. The van der Waals surface area contributed by atoms with Crippen LogP contribution < -0.4 is 0 Å². The lowest BCUT2D eigenvalue weighted by molar-refractivity contribution is -0.135. The lowest BCUT2D eigenvalue weighted by atomic mass is 9.98. The molecule has 2 rings (SSSR count). The number of rotatable bonds is 6. The summed E-state index contributed by atoms with van der Waals surface area (Å²) in [5.41, 5.74) is 0.697. The summed E-state index contributed by atoms with van der Waals surface area (Å²) < 4.78 is 23.8. The maximum absolute atomic E-state index is 13.7. The maximum Gasteiger partial charge on any atom is 0.248 e. The average Bonchev–Trinajstić information content (AvgIpc) is 2.93. The molecule has 1 atom stereocenters. The highest BCUT2D eigenvalue weighted by molar-refractivity contribution is 5.77. The van der Waals surface area contributed by atoms with E-state index in [9.17, 15) is 9.18 Å². The van der Waals surface area contributed by atoms with Gasteiger partial charge in [-0.25, -0.2) is 4.39 Å². The quantitative estimate of drug-likeness (QED) is 0.746. The molecule has 0 N–H and O–H groups in total. The fourth-order valence-corrected chi connectivity index (χ4v) is 2.44. The van der Waals surface area contributed by atoms with Crippen LogP contribution in [0.15, 0.2) is 24.3 Å². The van der Waals surface area contributed by atoms with E-state index in [0.717, 1.165) is 6.42 Å². The number of likely N-dealkylation sites (tertiary alicyclic amines) is 1. The molecule has 0 radical (unpaired) electrons. The second-order valence-corrected chi connectivity index (χ2v) is 4.89. The van der Waals surface area contributed by atoms with Gasteiger partial charge >= 0.3 is 0 Å². The first-order chi connectivity index (χ1) is 9.72. The Bertz CT molecular complexity index is 452. The minimum Gasteiger partial charge on any atom is -0.382 e. The number of carbonyl (C=O) groups is 1. The number of methoxy groups -OCH3 is 1. The molecule has 4 nitrogen and oxygen atoms in total. The first-order valence-electron chi connectivity index (χ1n) is 6.81. The predicted molar refractivity (Wildman–Crippen MR) is 73.0 cm³/mol. The summed E-state index contributed by atoms with van der Waals surface area (Å²) in [6.45, 7) is 2.17. The number of carbonyl (C=O) groups excluding carboxylic acids is 1. The molecule has 1 fully saturated rings. The topological polar surface area (TPSA) is 38.8 Å². The van der Waals surface area contributed by atoms with Crippen molar-refractivity contribution in [3.05, 3.63) is 35.6 Å². The van der Waals surface area contributed by atoms with Crippen LogP contribution in [0, 0.1) is 5.82 Å².